The molecule has 0 aliphatic carbocycles. The van der Waals surface area contributed by atoms with E-state index in [-0.39, 0.29) is 18.2 Å². The van der Waals surface area contributed by atoms with Crippen LogP contribution >= 0.6 is 31.9 Å². The third kappa shape index (κ3) is 7.64. The molecule has 0 aromatic heterocycles. The van der Waals surface area contributed by atoms with Gasteiger partial charge in [0.15, 0.2) is 0 Å². The highest BCUT2D eigenvalue weighted by atomic mass is 79.9. The fourth-order valence-corrected chi connectivity index (χ4v) is 3.75. The van der Waals surface area contributed by atoms with Crippen LogP contribution in [0.2, 0.25) is 0 Å². The van der Waals surface area contributed by atoms with E-state index in [0.717, 1.165) is 10.0 Å². The molecule has 2 N–H and O–H groups in total. The number of hydrogen-bond donors (Lipinski definition) is 2. The number of ether oxygens (including phenoxy) is 1. The molecule has 0 saturated heterocycles. The van der Waals surface area contributed by atoms with E-state index < -0.39 is 5.97 Å². The molecule has 7 nitrogen and oxygen atoms in total. The Bertz CT molecular complexity index is 1200. The summed E-state index contributed by atoms with van der Waals surface area (Å²) in [5.41, 5.74) is 4.16. The van der Waals surface area contributed by atoms with Crippen LogP contribution < -0.4 is 15.5 Å². The SMILES string of the molecule is O=C(CCCNC(=O)c1ccccc1Br)N/N=C/c1ccc(OC(=O)c2ccccc2Br)cc1. The minimum atomic E-state index is -0.464. The molecule has 0 aliphatic heterocycles. The van der Waals surface area contributed by atoms with Gasteiger partial charge in [0.25, 0.3) is 5.91 Å². The van der Waals surface area contributed by atoms with Crippen LogP contribution in [0.3, 0.4) is 0 Å². The summed E-state index contributed by atoms with van der Waals surface area (Å²) in [5.74, 6) is -0.526. The summed E-state index contributed by atoms with van der Waals surface area (Å²) >= 11 is 6.67. The molecular formula is C25H21Br2N3O4. The van der Waals surface area contributed by atoms with Crippen LogP contribution in [-0.2, 0) is 4.79 Å². The van der Waals surface area contributed by atoms with Gasteiger partial charge in [-0.25, -0.2) is 10.2 Å². The lowest BCUT2D eigenvalue weighted by Gasteiger charge is -2.06. The second kappa shape index (κ2) is 12.8. The molecule has 0 fully saturated rings. The molecular weight excluding hydrogens is 566 g/mol. The zero-order valence-corrected chi connectivity index (χ0v) is 21.1. The first kappa shape index (κ1) is 25.3. The second-order valence-corrected chi connectivity index (χ2v) is 8.78. The highest BCUT2D eigenvalue weighted by molar-refractivity contribution is 9.10. The summed E-state index contributed by atoms with van der Waals surface area (Å²) in [6, 6.07) is 20.9. The number of carbonyl (C=O) groups is 3. The Labute approximate surface area is 213 Å². The van der Waals surface area contributed by atoms with Gasteiger partial charge in [-0.1, -0.05) is 24.3 Å². The van der Waals surface area contributed by atoms with Crippen molar-refractivity contribution >= 4 is 55.9 Å². The molecule has 0 bridgehead atoms. The van der Waals surface area contributed by atoms with Gasteiger partial charge < -0.3 is 10.1 Å². The Balaban J connectivity index is 1.38. The van der Waals surface area contributed by atoms with E-state index in [1.54, 1.807) is 60.7 Å². The number of esters is 1. The molecule has 3 aromatic rings. The number of benzene rings is 3. The van der Waals surface area contributed by atoms with Crippen molar-refractivity contribution in [3.05, 3.63) is 98.4 Å². The van der Waals surface area contributed by atoms with Crippen molar-refractivity contribution in [3.63, 3.8) is 0 Å². The van der Waals surface area contributed by atoms with Crippen molar-refractivity contribution in [2.24, 2.45) is 5.10 Å². The standard InChI is InChI=1S/C25H21Br2N3O4/c26-21-8-3-1-6-19(21)24(32)28-15-5-10-23(31)30-29-16-17-11-13-18(14-12-17)34-25(33)20-7-2-4-9-22(20)27/h1-4,6-9,11-14,16H,5,10,15H2,(H,28,32)(H,30,31)/b29-16+. The molecule has 0 aliphatic rings. The second-order valence-electron chi connectivity index (χ2n) is 7.07. The van der Waals surface area contributed by atoms with Crippen molar-refractivity contribution in [2.75, 3.05) is 6.54 Å². The van der Waals surface area contributed by atoms with E-state index in [9.17, 15) is 14.4 Å². The van der Waals surface area contributed by atoms with Crippen molar-refractivity contribution in [1.29, 1.82) is 0 Å². The summed E-state index contributed by atoms with van der Waals surface area (Å²) in [4.78, 5) is 36.3. The topological polar surface area (TPSA) is 96.9 Å². The molecule has 0 saturated carbocycles. The Morgan fingerprint density at radius 3 is 2.12 bits per heavy atom. The predicted molar refractivity (Wildman–Crippen MR) is 137 cm³/mol. The Morgan fingerprint density at radius 2 is 1.47 bits per heavy atom. The molecule has 3 aromatic carbocycles. The minimum Gasteiger partial charge on any atom is -0.423 e. The minimum absolute atomic E-state index is 0.198. The number of hydrogen-bond acceptors (Lipinski definition) is 5. The Morgan fingerprint density at radius 1 is 0.853 bits per heavy atom. The molecule has 0 radical (unpaired) electrons. The van der Waals surface area contributed by atoms with Crippen molar-refractivity contribution in [3.8, 4) is 5.75 Å². The molecule has 174 valence electrons. The molecule has 0 spiro atoms. The first-order valence-corrected chi connectivity index (χ1v) is 11.9. The van der Waals surface area contributed by atoms with E-state index in [1.165, 1.54) is 6.21 Å². The fourth-order valence-electron chi connectivity index (χ4n) is 2.84. The maximum atomic E-state index is 12.2. The van der Waals surface area contributed by atoms with Crippen LogP contribution in [0, 0.1) is 0 Å². The van der Waals surface area contributed by atoms with E-state index in [0.29, 0.717) is 34.3 Å². The average Bonchev–Trinajstić information content (AvgIpc) is 2.83. The van der Waals surface area contributed by atoms with Gasteiger partial charge in [0.2, 0.25) is 5.91 Å². The van der Waals surface area contributed by atoms with Crippen LogP contribution in [0.1, 0.15) is 39.1 Å². The van der Waals surface area contributed by atoms with Crippen LogP contribution in [0.25, 0.3) is 0 Å². The normalized spacial score (nSPS) is 10.6. The molecule has 0 atom stereocenters. The lowest BCUT2D eigenvalue weighted by atomic mass is 10.2. The number of hydrazone groups is 1. The molecule has 0 unspecified atom stereocenters. The number of carbonyl (C=O) groups excluding carboxylic acids is 3. The maximum absolute atomic E-state index is 12.2. The highest BCUT2D eigenvalue weighted by Gasteiger charge is 2.12. The number of rotatable bonds is 9. The molecule has 3 rings (SSSR count). The predicted octanol–water partition coefficient (Wildman–Crippen LogP) is 5.09. The first-order chi connectivity index (χ1) is 16.4. The van der Waals surface area contributed by atoms with Gasteiger partial charge in [0.1, 0.15) is 5.75 Å². The average molecular weight is 587 g/mol. The maximum Gasteiger partial charge on any atom is 0.344 e. The number of halogens is 2. The number of amides is 2. The fraction of sp³-hybridized carbons (Fsp3) is 0.120. The third-order valence-electron chi connectivity index (χ3n) is 4.57. The van der Waals surface area contributed by atoms with Gasteiger partial charge in [0, 0.05) is 21.9 Å². The van der Waals surface area contributed by atoms with Crippen molar-refractivity contribution < 1.29 is 19.1 Å². The van der Waals surface area contributed by atoms with Gasteiger partial charge in [-0.2, -0.15) is 5.10 Å². The number of nitrogens with one attached hydrogen (secondary N) is 2. The van der Waals surface area contributed by atoms with Crippen LogP contribution in [-0.4, -0.2) is 30.5 Å². The monoisotopic (exact) mass is 585 g/mol. The Kier molecular flexibility index (Phi) is 9.54. The highest BCUT2D eigenvalue weighted by Crippen LogP contribution is 2.19. The molecule has 9 heteroatoms. The van der Waals surface area contributed by atoms with Crippen molar-refractivity contribution in [1.82, 2.24) is 10.7 Å². The van der Waals surface area contributed by atoms with Crippen molar-refractivity contribution in [2.45, 2.75) is 12.8 Å². The number of nitrogens with zero attached hydrogens (tertiary/aromatic N) is 1. The quantitative estimate of drug-likeness (QED) is 0.120. The van der Waals surface area contributed by atoms with Gasteiger partial charge >= 0.3 is 5.97 Å². The van der Waals surface area contributed by atoms with Gasteiger partial charge in [-0.3, -0.25) is 9.59 Å². The molecule has 2 amide bonds. The van der Waals surface area contributed by atoms with Gasteiger partial charge in [0.05, 0.1) is 17.3 Å². The summed E-state index contributed by atoms with van der Waals surface area (Å²) in [6.45, 7) is 0.372. The van der Waals surface area contributed by atoms with Gasteiger partial charge in [-0.05, 0) is 92.4 Å². The lowest BCUT2D eigenvalue weighted by Crippen LogP contribution is -2.26. The zero-order valence-electron chi connectivity index (χ0n) is 18.0. The largest absolute Gasteiger partial charge is 0.423 e. The third-order valence-corrected chi connectivity index (χ3v) is 5.95. The van der Waals surface area contributed by atoms with Crippen LogP contribution in [0.15, 0.2) is 86.8 Å². The smallest absolute Gasteiger partial charge is 0.344 e. The lowest BCUT2D eigenvalue weighted by molar-refractivity contribution is -0.121. The summed E-state index contributed by atoms with van der Waals surface area (Å²) in [5, 5.41) is 6.72. The van der Waals surface area contributed by atoms with Crippen LogP contribution in [0.5, 0.6) is 5.75 Å². The van der Waals surface area contributed by atoms with E-state index in [1.807, 2.05) is 12.1 Å². The Hall–Kier alpha value is -3.30. The van der Waals surface area contributed by atoms with Crippen LogP contribution in [0.4, 0.5) is 0 Å². The molecule has 0 heterocycles. The summed E-state index contributed by atoms with van der Waals surface area (Å²) in [6.07, 6.45) is 2.19. The summed E-state index contributed by atoms with van der Waals surface area (Å²) < 4.78 is 6.75. The molecule has 34 heavy (non-hydrogen) atoms. The van der Waals surface area contributed by atoms with E-state index in [4.69, 9.17) is 4.74 Å². The van der Waals surface area contributed by atoms with E-state index >= 15 is 0 Å². The summed E-state index contributed by atoms with van der Waals surface area (Å²) in [7, 11) is 0. The van der Waals surface area contributed by atoms with E-state index in [2.05, 4.69) is 47.7 Å². The zero-order chi connectivity index (χ0) is 24.3. The van der Waals surface area contributed by atoms with Gasteiger partial charge in [-0.15, -0.1) is 0 Å². The first-order valence-electron chi connectivity index (χ1n) is 10.4.